The maximum Gasteiger partial charge on any atom is 0.276 e. The average Bonchev–Trinajstić information content (AvgIpc) is 3.24. The molecule has 0 saturated carbocycles. The van der Waals surface area contributed by atoms with E-state index in [1.165, 1.54) is 5.69 Å². The van der Waals surface area contributed by atoms with Crippen LogP contribution < -0.4 is 10.6 Å². The van der Waals surface area contributed by atoms with Crippen LogP contribution in [-0.2, 0) is 6.42 Å². The van der Waals surface area contributed by atoms with Crippen LogP contribution in [0.15, 0.2) is 58.2 Å². The van der Waals surface area contributed by atoms with E-state index in [4.69, 9.17) is 21.9 Å². The Morgan fingerprint density at radius 3 is 2.57 bits per heavy atom. The van der Waals surface area contributed by atoms with Gasteiger partial charge >= 0.3 is 0 Å². The molecule has 0 unspecified atom stereocenters. The number of aliphatic imine (C=N–C) groups is 1. The molecule has 0 radical (unpaired) electrons. The molecule has 30 heavy (non-hydrogen) atoms. The zero-order valence-corrected chi connectivity index (χ0v) is 19.4. The van der Waals surface area contributed by atoms with Gasteiger partial charge in [-0.15, -0.1) is 24.0 Å². The van der Waals surface area contributed by atoms with E-state index in [0.717, 1.165) is 31.2 Å². The Bertz CT molecular complexity index is 957. The van der Waals surface area contributed by atoms with Gasteiger partial charge in [0.25, 0.3) is 5.89 Å². The largest absolute Gasteiger partial charge is 0.370 e. The summed E-state index contributed by atoms with van der Waals surface area (Å²) < 4.78 is 5.26. The van der Waals surface area contributed by atoms with E-state index >= 15 is 0 Å². The first-order valence-corrected chi connectivity index (χ1v) is 9.86. The number of hydrogen-bond acceptors (Lipinski definition) is 6. The predicted molar refractivity (Wildman–Crippen MR) is 128 cm³/mol. The average molecular weight is 540 g/mol. The van der Waals surface area contributed by atoms with E-state index in [1.807, 2.05) is 42.5 Å². The van der Waals surface area contributed by atoms with Gasteiger partial charge in [-0.2, -0.15) is 4.98 Å². The second-order valence-electron chi connectivity index (χ2n) is 6.67. The second kappa shape index (κ2) is 10.6. The van der Waals surface area contributed by atoms with Crippen LogP contribution in [0.2, 0.25) is 5.02 Å². The van der Waals surface area contributed by atoms with E-state index in [0.29, 0.717) is 36.3 Å². The molecule has 1 aliphatic heterocycles. The number of guanidine groups is 1. The van der Waals surface area contributed by atoms with Crippen molar-refractivity contribution in [1.29, 1.82) is 0 Å². The molecule has 2 aromatic heterocycles. The summed E-state index contributed by atoms with van der Waals surface area (Å²) in [6.07, 6.45) is 2.25. The molecule has 1 aromatic carbocycles. The number of nitrogens with two attached hydrogens (primary N) is 1. The number of rotatable bonds is 5. The number of hydrogen-bond donors (Lipinski definition) is 1. The fourth-order valence-corrected chi connectivity index (χ4v) is 3.29. The zero-order chi connectivity index (χ0) is 20.1. The number of piperazine rings is 1. The van der Waals surface area contributed by atoms with Gasteiger partial charge in [0.2, 0.25) is 0 Å². The summed E-state index contributed by atoms with van der Waals surface area (Å²) in [5.74, 6) is 1.56. The van der Waals surface area contributed by atoms with E-state index in [9.17, 15) is 0 Å². The van der Waals surface area contributed by atoms with Gasteiger partial charge in [-0.3, -0.25) is 9.98 Å². The number of pyridine rings is 1. The third-order valence-corrected chi connectivity index (χ3v) is 5.01. The van der Waals surface area contributed by atoms with Crippen molar-refractivity contribution in [3.63, 3.8) is 0 Å². The highest BCUT2D eigenvalue weighted by Gasteiger charge is 2.18. The van der Waals surface area contributed by atoms with E-state index in [1.54, 1.807) is 6.20 Å². The molecule has 3 aromatic rings. The van der Waals surface area contributed by atoms with E-state index in [2.05, 4.69) is 29.9 Å². The summed E-state index contributed by atoms with van der Waals surface area (Å²) in [6, 6.07) is 13.5. The Morgan fingerprint density at radius 1 is 1.10 bits per heavy atom. The molecule has 3 heterocycles. The molecule has 8 nitrogen and oxygen atoms in total. The van der Waals surface area contributed by atoms with Gasteiger partial charge in [-0.05, 0) is 36.4 Å². The Hall–Kier alpha value is -2.40. The van der Waals surface area contributed by atoms with Crippen LogP contribution in [-0.4, -0.2) is 58.7 Å². The van der Waals surface area contributed by atoms with Crippen LogP contribution in [0.5, 0.6) is 0 Å². The Morgan fingerprint density at radius 2 is 1.87 bits per heavy atom. The molecule has 158 valence electrons. The molecule has 1 fully saturated rings. The van der Waals surface area contributed by atoms with Crippen LogP contribution in [0.1, 0.15) is 5.82 Å². The van der Waals surface area contributed by atoms with Gasteiger partial charge < -0.3 is 20.1 Å². The second-order valence-corrected chi connectivity index (χ2v) is 7.11. The van der Waals surface area contributed by atoms with Crippen molar-refractivity contribution in [3.05, 3.63) is 59.5 Å². The van der Waals surface area contributed by atoms with Crippen LogP contribution in [0.3, 0.4) is 0 Å². The Labute approximate surface area is 197 Å². The molecule has 0 atom stereocenters. The highest BCUT2D eigenvalue weighted by atomic mass is 127. The van der Waals surface area contributed by atoms with Crippen LogP contribution in [0.4, 0.5) is 5.69 Å². The standard InChI is InChI=1S/C20H22ClN7O.HI/c21-15-4-6-16(7-5-15)27-11-13-28(14-12-27)20(22)24-10-8-18-25-19(29-26-18)17-3-1-2-9-23-17;/h1-7,9H,8,10-14H2,(H2,22,24);1H. The molecule has 0 bridgehead atoms. The minimum Gasteiger partial charge on any atom is -0.370 e. The molecular weight excluding hydrogens is 517 g/mol. The molecule has 2 N–H and O–H groups in total. The highest BCUT2D eigenvalue weighted by Crippen LogP contribution is 2.19. The molecule has 10 heteroatoms. The first-order chi connectivity index (χ1) is 14.2. The van der Waals surface area contributed by atoms with Gasteiger partial charge in [-0.25, -0.2) is 0 Å². The number of nitrogens with zero attached hydrogens (tertiary/aromatic N) is 6. The molecule has 0 amide bonds. The van der Waals surface area contributed by atoms with Gasteiger partial charge in [0.05, 0.1) is 0 Å². The molecule has 4 rings (SSSR count). The van der Waals surface area contributed by atoms with Crippen LogP contribution >= 0.6 is 35.6 Å². The third-order valence-electron chi connectivity index (χ3n) is 4.76. The Kier molecular flexibility index (Phi) is 7.86. The predicted octanol–water partition coefficient (Wildman–Crippen LogP) is 3.08. The quantitative estimate of drug-likeness (QED) is 0.302. The summed E-state index contributed by atoms with van der Waals surface area (Å²) in [5.41, 5.74) is 8.01. The minimum atomic E-state index is 0. The molecule has 1 aliphatic rings. The number of anilines is 1. The number of aromatic nitrogens is 3. The van der Waals surface area contributed by atoms with Crippen LogP contribution in [0.25, 0.3) is 11.6 Å². The maximum atomic E-state index is 6.18. The maximum absolute atomic E-state index is 6.18. The number of benzene rings is 1. The first-order valence-electron chi connectivity index (χ1n) is 9.48. The van der Waals surface area contributed by atoms with Crippen molar-refractivity contribution in [2.45, 2.75) is 6.42 Å². The fraction of sp³-hybridized carbons (Fsp3) is 0.300. The lowest BCUT2D eigenvalue weighted by Crippen LogP contribution is -2.51. The smallest absolute Gasteiger partial charge is 0.276 e. The molecular formula is C20H23ClIN7O. The molecule has 0 aliphatic carbocycles. The van der Waals surface area contributed by atoms with Crippen molar-refractivity contribution in [1.82, 2.24) is 20.0 Å². The van der Waals surface area contributed by atoms with Gasteiger partial charge in [0.15, 0.2) is 11.8 Å². The Balaban J connectivity index is 0.00000256. The lowest BCUT2D eigenvalue weighted by Gasteiger charge is -2.36. The highest BCUT2D eigenvalue weighted by molar-refractivity contribution is 14.0. The van der Waals surface area contributed by atoms with Crippen molar-refractivity contribution in [3.8, 4) is 11.6 Å². The SMILES string of the molecule is I.NC(=NCCc1noc(-c2ccccn2)n1)N1CCN(c2ccc(Cl)cc2)CC1. The first kappa shape index (κ1) is 22.3. The summed E-state index contributed by atoms with van der Waals surface area (Å²) in [6.45, 7) is 3.92. The van der Waals surface area contributed by atoms with Crippen molar-refractivity contribution in [2.75, 3.05) is 37.6 Å². The summed E-state index contributed by atoms with van der Waals surface area (Å²) in [7, 11) is 0. The topological polar surface area (TPSA) is 96.7 Å². The van der Waals surface area contributed by atoms with E-state index < -0.39 is 0 Å². The lowest BCUT2D eigenvalue weighted by molar-refractivity contribution is 0.380. The van der Waals surface area contributed by atoms with Gasteiger partial charge in [0, 0.05) is 56.1 Å². The summed E-state index contributed by atoms with van der Waals surface area (Å²) in [4.78, 5) is 17.5. The minimum absolute atomic E-state index is 0. The zero-order valence-electron chi connectivity index (χ0n) is 16.3. The number of halogens is 2. The molecule has 0 spiro atoms. The summed E-state index contributed by atoms with van der Waals surface area (Å²) in [5, 5.41) is 4.73. The monoisotopic (exact) mass is 539 g/mol. The molecule has 1 saturated heterocycles. The van der Waals surface area contributed by atoms with Crippen molar-refractivity contribution < 1.29 is 4.52 Å². The normalized spacial score (nSPS) is 14.5. The van der Waals surface area contributed by atoms with Crippen LogP contribution in [0, 0.1) is 0 Å². The third kappa shape index (κ3) is 5.60. The van der Waals surface area contributed by atoms with E-state index in [-0.39, 0.29) is 24.0 Å². The lowest BCUT2D eigenvalue weighted by atomic mass is 10.2. The van der Waals surface area contributed by atoms with Gasteiger partial charge in [-0.1, -0.05) is 22.8 Å². The fourth-order valence-electron chi connectivity index (χ4n) is 3.16. The van der Waals surface area contributed by atoms with Crippen molar-refractivity contribution in [2.24, 2.45) is 10.7 Å². The summed E-state index contributed by atoms with van der Waals surface area (Å²) >= 11 is 5.96. The van der Waals surface area contributed by atoms with Gasteiger partial charge in [0.1, 0.15) is 5.69 Å². The van der Waals surface area contributed by atoms with Crippen molar-refractivity contribution >= 4 is 47.2 Å².